The van der Waals surface area contributed by atoms with Crippen LogP contribution in [0.4, 0.5) is 0 Å². The molecule has 4 saturated carbocycles. The third kappa shape index (κ3) is 2.27. The SMILES string of the molecule is CC(=O)C1CC[C@H]2[C@@H]3CCC4C[C@@](C)(O)CCC4(C)[C@H]3CCC12C. The summed E-state index contributed by atoms with van der Waals surface area (Å²) in [4.78, 5) is 12.2. The van der Waals surface area contributed by atoms with Crippen molar-refractivity contribution in [2.75, 3.05) is 0 Å². The molecule has 0 aromatic heterocycles. The number of Topliss-reactive ketones (excluding diaryl/α,β-unsaturated/α-hetero) is 1. The van der Waals surface area contributed by atoms with Crippen LogP contribution in [0.1, 0.15) is 85.5 Å². The fourth-order valence-electron chi connectivity index (χ4n) is 8.10. The topological polar surface area (TPSA) is 37.3 Å². The number of hydrogen-bond acceptors (Lipinski definition) is 2. The van der Waals surface area contributed by atoms with Gasteiger partial charge < -0.3 is 5.11 Å². The van der Waals surface area contributed by atoms with E-state index in [9.17, 15) is 9.90 Å². The van der Waals surface area contributed by atoms with Gasteiger partial charge in [0.25, 0.3) is 0 Å². The van der Waals surface area contributed by atoms with Crippen molar-refractivity contribution < 1.29 is 9.90 Å². The van der Waals surface area contributed by atoms with Crippen LogP contribution >= 0.6 is 0 Å². The fourth-order valence-corrected chi connectivity index (χ4v) is 8.10. The maximum atomic E-state index is 12.2. The molecule has 0 aliphatic heterocycles. The Morgan fingerprint density at radius 1 is 0.875 bits per heavy atom. The highest BCUT2D eigenvalue weighted by Gasteiger charge is 2.61. The summed E-state index contributed by atoms with van der Waals surface area (Å²) < 4.78 is 0. The van der Waals surface area contributed by atoms with Gasteiger partial charge in [-0.3, -0.25) is 4.79 Å². The summed E-state index contributed by atoms with van der Waals surface area (Å²) in [6.45, 7) is 8.85. The van der Waals surface area contributed by atoms with E-state index in [0.717, 1.165) is 37.0 Å². The van der Waals surface area contributed by atoms with Gasteiger partial charge in [-0.15, -0.1) is 0 Å². The predicted molar refractivity (Wildman–Crippen MR) is 96.5 cm³/mol. The molecule has 4 unspecified atom stereocenters. The highest BCUT2D eigenvalue weighted by molar-refractivity contribution is 5.79. The normalized spacial score (nSPS) is 57.0. The number of carbonyl (C=O) groups is 1. The second kappa shape index (κ2) is 5.32. The van der Waals surface area contributed by atoms with Crippen LogP contribution < -0.4 is 0 Å². The van der Waals surface area contributed by atoms with Crippen LogP contribution in [0.2, 0.25) is 0 Å². The van der Waals surface area contributed by atoms with E-state index in [1.165, 1.54) is 38.5 Å². The molecule has 0 bridgehead atoms. The van der Waals surface area contributed by atoms with Gasteiger partial charge in [-0.2, -0.15) is 0 Å². The van der Waals surface area contributed by atoms with Crippen LogP contribution in [0, 0.1) is 40.4 Å². The summed E-state index contributed by atoms with van der Waals surface area (Å²) in [5, 5.41) is 10.6. The van der Waals surface area contributed by atoms with E-state index in [1.54, 1.807) is 0 Å². The van der Waals surface area contributed by atoms with Crippen molar-refractivity contribution in [2.45, 2.75) is 91.1 Å². The van der Waals surface area contributed by atoms with E-state index in [2.05, 4.69) is 13.8 Å². The monoisotopic (exact) mass is 332 g/mol. The summed E-state index contributed by atoms with van der Waals surface area (Å²) >= 11 is 0. The first-order valence-corrected chi connectivity index (χ1v) is 10.4. The molecule has 0 heterocycles. The van der Waals surface area contributed by atoms with Crippen molar-refractivity contribution in [3.63, 3.8) is 0 Å². The van der Waals surface area contributed by atoms with E-state index in [4.69, 9.17) is 0 Å². The Morgan fingerprint density at radius 2 is 1.58 bits per heavy atom. The lowest BCUT2D eigenvalue weighted by atomic mass is 9.44. The van der Waals surface area contributed by atoms with Crippen molar-refractivity contribution in [3.8, 4) is 0 Å². The Kier molecular flexibility index (Phi) is 3.78. The predicted octanol–water partition coefficient (Wildman–Crippen LogP) is 4.99. The minimum absolute atomic E-state index is 0.274. The lowest BCUT2D eigenvalue weighted by molar-refractivity contribution is -0.150. The van der Waals surface area contributed by atoms with Crippen LogP contribution in [0.5, 0.6) is 0 Å². The minimum atomic E-state index is -0.437. The molecule has 1 N–H and O–H groups in total. The average molecular weight is 333 g/mol. The number of ketones is 1. The van der Waals surface area contributed by atoms with Crippen LogP contribution in [-0.2, 0) is 4.79 Å². The van der Waals surface area contributed by atoms with E-state index in [1.807, 2.05) is 13.8 Å². The maximum Gasteiger partial charge on any atom is 0.133 e. The molecule has 24 heavy (non-hydrogen) atoms. The number of aliphatic hydroxyl groups is 1. The first-order valence-electron chi connectivity index (χ1n) is 10.4. The van der Waals surface area contributed by atoms with Crippen molar-refractivity contribution in [3.05, 3.63) is 0 Å². The molecule has 2 nitrogen and oxygen atoms in total. The van der Waals surface area contributed by atoms with Crippen LogP contribution in [-0.4, -0.2) is 16.5 Å². The van der Waals surface area contributed by atoms with Gasteiger partial charge in [-0.1, -0.05) is 13.8 Å². The Bertz CT molecular complexity index is 538. The fraction of sp³-hybridized carbons (Fsp3) is 0.955. The summed E-state index contributed by atoms with van der Waals surface area (Å²) in [6, 6.07) is 0. The summed E-state index contributed by atoms with van der Waals surface area (Å²) in [6.07, 6.45) is 10.8. The van der Waals surface area contributed by atoms with Gasteiger partial charge >= 0.3 is 0 Å². The number of fused-ring (bicyclic) bond motifs is 5. The molecule has 0 aromatic carbocycles. The molecular weight excluding hydrogens is 296 g/mol. The Hall–Kier alpha value is -0.370. The third-order valence-corrected chi connectivity index (χ3v) is 9.44. The van der Waals surface area contributed by atoms with E-state index >= 15 is 0 Å². The van der Waals surface area contributed by atoms with Gasteiger partial charge in [0.05, 0.1) is 5.60 Å². The molecule has 136 valence electrons. The average Bonchev–Trinajstić information content (AvgIpc) is 2.85. The smallest absolute Gasteiger partial charge is 0.133 e. The number of carbonyl (C=O) groups excluding carboxylic acids is 1. The molecule has 0 aromatic rings. The first-order chi connectivity index (χ1) is 11.2. The lowest BCUT2D eigenvalue weighted by Gasteiger charge is -2.61. The zero-order chi connectivity index (χ0) is 17.3. The molecule has 4 rings (SSSR count). The standard InChI is InChI=1S/C22H36O2/c1-14(23)17-7-8-18-16-6-5-15-13-20(2,24)11-12-21(15,3)19(16)9-10-22(17,18)4/h15-19,24H,5-13H2,1-4H3/t15?,16-,17?,18-,19-,20-,21?,22?/m0/s1. The molecule has 0 saturated heterocycles. The van der Waals surface area contributed by atoms with Gasteiger partial charge in [-0.05, 0) is 106 Å². The highest BCUT2D eigenvalue weighted by Crippen LogP contribution is 2.68. The van der Waals surface area contributed by atoms with Gasteiger partial charge in [0.1, 0.15) is 5.78 Å². The minimum Gasteiger partial charge on any atom is -0.390 e. The molecule has 2 heteroatoms. The summed E-state index contributed by atoms with van der Waals surface area (Å²) in [7, 11) is 0. The molecule has 4 aliphatic carbocycles. The van der Waals surface area contributed by atoms with Crippen LogP contribution in [0.25, 0.3) is 0 Å². The molecule has 0 radical (unpaired) electrons. The van der Waals surface area contributed by atoms with E-state index in [0.29, 0.717) is 23.0 Å². The third-order valence-electron chi connectivity index (χ3n) is 9.44. The molecule has 0 amide bonds. The molecule has 4 aliphatic rings. The summed E-state index contributed by atoms with van der Waals surface area (Å²) in [5.41, 5.74) is 0.268. The molecule has 8 atom stereocenters. The summed E-state index contributed by atoms with van der Waals surface area (Å²) in [5.74, 6) is 3.89. The lowest BCUT2D eigenvalue weighted by Crippen LogP contribution is -2.55. The second-order valence-electron chi connectivity index (χ2n) is 10.6. The quantitative estimate of drug-likeness (QED) is 0.735. The van der Waals surface area contributed by atoms with Crippen molar-refractivity contribution in [2.24, 2.45) is 40.4 Å². The number of rotatable bonds is 1. The van der Waals surface area contributed by atoms with Crippen LogP contribution in [0.15, 0.2) is 0 Å². The van der Waals surface area contributed by atoms with Gasteiger partial charge in [0.2, 0.25) is 0 Å². The molecule has 4 fully saturated rings. The maximum absolute atomic E-state index is 12.2. The van der Waals surface area contributed by atoms with Crippen molar-refractivity contribution >= 4 is 5.78 Å². The highest BCUT2D eigenvalue weighted by atomic mass is 16.3. The van der Waals surface area contributed by atoms with Crippen molar-refractivity contribution in [1.29, 1.82) is 0 Å². The van der Waals surface area contributed by atoms with E-state index < -0.39 is 5.60 Å². The first kappa shape index (κ1) is 17.1. The van der Waals surface area contributed by atoms with Gasteiger partial charge in [0.15, 0.2) is 0 Å². The zero-order valence-electron chi connectivity index (χ0n) is 16.1. The Balaban J connectivity index is 1.61. The van der Waals surface area contributed by atoms with Crippen molar-refractivity contribution in [1.82, 2.24) is 0 Å². The van der Waals surface area contributed by atoms with Gasteiger partial charge in [-0.25, -0.2) is 0 Å². The second-order valence-corrected chi connectivity index (χ2v) is 10.6. The number of hydrogen-bond donors (Lipinski definition) is 1. The Labute approximate surface area is 147 Å². The van der Waals surface area contributed by atoms with Crippen LogP contribution in [0.3, 0.4) is 0 Å². The zero-order valence-corrected chi connectivity index (χ0v) is 16.1. The Morgan fingerprint density at radius 3 is 2.29 bits per heavy atom. The van der Waals surface area contributed by atoms with Gasteiger partial charge in [0, 0.05) is 5.92 Å². The molecule has 0 spiro atoms. The molecular formula is C22H36O2. The largest absolute Gasteiger partial charge is 0.390 e. The van der Waals surface area contributed by atoms with E-state index in [-0.39, 0.29) is 5.41 Å².